The molecule has 0 bridgehead atoms. The van der Waals surface area contributed by atoms with Crippen LogP contribution in [0.25, 0.3) is 65.4 Å². The van der Waals surface area contributed by atoms with E-state index in [0.717, 1.165) is 65.4 Å². The van der Waals surface area contributed by atoms with Gasteiger partial charge in [0.25, 0.3) is 0 Å². The number of hydrogen-bond donors (Lipinski definition) is 0. The predicted octanol–water partition coefficient (Wildman–Crippen LogP) is 9.73. The molecule has 3 aromatic carbocycles. The van der Waals surface area contributed by atoms with Crippen LogP contribution in [0.5, 0.6) is 0 Å². The maximum Gasteiger partial charge on any atom is 0.0964 e. The summed E-state index contributed by atoms with van der Waals surface area (Å²) in [5, 5.41) is 6.83. The van der Waals surface area contributed by atoms with Crippen LogP contribution < -0.4 is 0 Å². The smallest absolute Gasteiger partial charge is 0.0964 e. The Morgan fingerprint density at radius 1 is 0.289 bits per heavy atom. The first-order valence-corrected chi connectivity index (χ1v) is 16.6. The van der Waals surface area contributed by atoms with E-state index >= 15 is 0 Å². The summed E-state index contributed by atoms with van der Waals surface area (Å²) in [7, 11) is 9.40. The van der Waals surface area contributed by atoms with Crippen LogP contribution in [0.3, 0.4) is 0 Å². The number of hydrogen-bond acceptors (Lipinski definition) is 6. The Morgan fingerprint density at radius 3 is 0.600 bits per heavy atom. The molecule has 0 aliphatic carbocycles. The Hall–Kier alpha value is -4.81. The summed E-state index contributed by atoms with van der Waals surface area (Å²) in [5.74, 6) is 0. The second-order valence-electron chi connectivity index (χ2n) is 9.69. The van der Waals surface area contributed by atoms with Crippen molar-refractivity contribution in [1.29, 1.82) is 0 Å². The summed E-state index contributed by atoms with van der Waals surface area (Å²) in [6, 6.07) is 36.4. The predicted molar refractivity (Wildman–Crippen MR) is 183 cm³/mol. The fraction of sp³-hybridized carbons (Fsp3) is 0. The van der Waals surface area contributed by atoms with Crippen LogP contribution in [0.15, 0.2) is 146 Å². The molecule has 0 saturated carbocycles. The molecule has 6 nitrogen and oxygen atoms in total. The SMILES string of the molecule is [Cl][Ni][Cl].c1cnc2c(c1)ccc1cccnc12.c1cnc2c(c1)ccc1cccnc12.c1cnc2c(c1)ccc1cccnc12. The van der Waals surface area contributed by atoms with Crippen LogP contribution in [-0.4, -0.2) is 29.9 Å². The first kappa shape index (κ1) is 30.2. The number of pyridine rings is 6. The van der Waals surface area contributed by atoms with Gasteiger partial charge in [-0.1, -0.05) is 72.8 Å². The molecule has 0 unspecified atom stereocenters. The van der Waals surface area contributed by atoms with Crippen molar-refractivity contribution in [2.24, 2.45) is 0 Å². The minimum Gasteiger partial charge on any atom is -0.254 e. The molecule has 0 amide bonds. The second kappa shape index (κ2) is 14.8. The molecule has 45 heavy (non-hydrogen) atoms. The standard InChI is InChI=1S/3C12H8N2.2ClH.Ni/c3*1-3-9-5-6-10-4-2-8-14-12(10)11(9)13-7-1;;;/h3*1-8H;2*1H;/q;;;;;+2/p-2. The third kappa shape index (κ3) is 6.97. The average Bonchev–Trinajstić information content (AvgIpc) is 3.12. The van der Waals surface area contributed by atoms with Gasteiger partial charge in [-0.05, 0) is 36.4 Å². The largest absolute Gasteiger partial charge is 0.254 e. The summed E-state index contributed by atoms with van der Waals surface area (Å²) in [5.41, 5.74) is 5.86. The minimum atomic E-state index is 0.569. The third-order valence-electron chi connectivity index (χ3n) is 7.03. The van der Waals surface area contributed by atoms with Gasteiger partial charge in [0.15, 0.2) is 0 Å². The zero-order chi connectivity index (χ0) is 30.8. The van der Waals surface area contributed by atoms with Gasteiger partial charge in [-0.2, -0.15) is 0 Å². The maximum absolute atomic E-state index is 4.70. The number of rotatable bonds is 0. The molecule has 0 radical (unpaired) electrons. The van der Waals surface area contributed by atoms with E-state index in [1.165, 1.54) is 0 Å². The van der Waals surface area contributed by atoms with Gasteiger partial charge in [0, 0.05) is 69.5 Å². The monoisotopic (exact) mass is 668 g/mol. The Bertz CT molecular complexity index is 1940. The quantitative estimate of drug-likeness (QED) is 0.118. The van der Waals surface area contributed by atoms with E-state index in [4.69, 9.17) is 20.4 Å². The van der Waals surface area contributed by atoms with Crippen LogP contribution in [0, 0.1) is 0 Å². The first-order valence-electron chi connectivity index (χ1n) is 13.8. The van der Waals surface area contributed by atoms with Gasteiger partial charge in [-0.3, -0.25) is 29.9 Å². The number of halogens is 2. The zero-order valence-corrected chi connectivity index (χ0v) is 26.1. The molecule has 0 saturated heterocycles. The van der Waals surface area contributed by atoms with Gasteiger partial charge < -0.3 is 0 Å². The van der Waals surface area contributed by atoms with E-state index in [1.54, 1.807) is 37.2 Å². The van der Waals surface area contributed by atoms with Crippen molar-refractivity contribution >= 4 is 85.8 Å². The zero-order valence-electron chi connectivity index (χ0n) is 23.6. The van der Waals surface area contributed by atoms with Crippen LogP contribution >= 0.6 is 20.4 Å². The third-order valence-corrected chi connectivity index (χ3v) is 7.03. The second-order valence-corrected chi connectivity index (χ2v) is 11.3. The van der Waals surface area contributed by atoms with Crippen molar-refractivity contribution in [3.8, 4) is 0 Å². The van der Waals surface area contributed by atoms with E-state index in [-0.39, 0.29) is 0 Å². The normalized spacial score (nSPS) is 10.6. The Balaban J connectivity index is 0.000000114. The summed E-state index contributed by atoms with van der Waals surface area (Å²) in [6.45, 7) is 0. The summed E-state index contributed by atoms with van der Waals surface area (Å²) >= 11 is 0.569. The molecule has 222 valence electrons. The molecule has 9 aromatic rings. The Labute approximate surface area is 273 Å². The summed E-state index contributed by atoms with van der Waals surface area (Å²) in [4.78, 5) is 26.1. The first-order chi connectivity index (χ1) is 22.3. The van der Waals surface area contributed by atoms with E-state index in [2.05, 4.69) is 103 Å². The van der Waals surface area contributed by atoms with Crippen molar-refractivity contribution in [3.05, 3.63) is 146 Å². The number of benzene rings is 3. The molecule has 0 fully saturated rings. The van der Waals surface area contributed by atoms with Gasteiger partial charge in [-0.15, -0.1) is 0 Å². The van der Waals surface area contributed by atoms with Crippen molar-refractivity contribution in [3.63, 3.8) is 0 Å². The molecule has 0 spiro atoms. The summed E-state index contributed by atoms with van der Waals surface area (Å²) < 4.78 is 0. The van der Waals surface area contributed by atoms with Gasteiger partial charge >= 0.3 is 33.0 Å². The van der Waals surface area contributed by atoms with Gasteiger partial charge in [0.2, 0.25) is 0 Å². The molecule has 9 heteroatoms. The summed E-state index contributed by atoms with van der Waals surface area (Å²) in [6.07, 6.45) is 10.8. The fourth-order valence-corrected chi connectivity index (χ4v) is 5.04. The van der Waals surface area contributed by atoms with E-state index in [9.17, 15) is 0 Å². The molecule has 0 atom stereocenters. The molecule has 0 N–H and O–H groups in total. The van der Waals surface area contributed by atoms with Crippen LogP contribution in [-0.2, 0) is 12.7 Å². The van der Waals surface area contributed by atoms with Crippen LogP contribution in [0.1, 0.15) is 0 Å². The van der Waals surface area contributed by atoms with Crippen molar-refractivity contribution < 1.29 is 12.7 Å². The van der Waals surface area contributed by atoms with Crippen molar-refractivity contribution in [2.45, 2.75) is 0 Å². The fourth-order valence-electron chi connectivity index (χ4n) is 5.04. The maximum atomic E-state index is 4.70. The Morgan fingerprint density at radius 2 is 0.444 bits per heavy atom. The number of nitrogens with zero attached hydrogens (tertiary/aromatic N) is 6. The van der Waals surface area contributed by atoms with Gasteiger partial charge in [0.1, 0.15) is 0 Å². The van der Waals surface area contributed by atoms with Gasteiger partial charge in [-0.25, -0.2) is 0 Å². The van der Waals surface area contributed by atoms with E-state index < -0.39 is 0 Å². The molecular weight excluding hydrogens is 646 g/mol. The topological polar surface area (TPSA) is 77.3 Å². The van der Waals surface area contributed by atoms with Crippen LogP contribution in [0.2, 0.25) is 0 Å². The molecular formula is C36H24Cl2N6Ni. The number of aromatic nitrogens is 6. The molecule has 6 heterocycles. The van der Waals surface area contributed by atoms with Gasteiger partial charge in [0.05, 0.1) is 33.1 Å². The van der Waals surface area contributed by atoms with E-state index in [1.807, 2.05) is 36.4 Å². The minimum absolute atomic E-state index is 0.569. The molecule has 6 aromatic heterocycles. The number of fused-ring (bicyclic) bond motifs is 9. The molecule has 9 rings (SSSR count). The average molecular weight is 670 g/mol. The Kier molecular flexibility index (Phi) is 9.93. The molecule has 0 aliphatic rings. The van der Waals surface area contributed by atoms with Crippen molar-refractivity contribution in [1.82, 2.24) is 29.9 Å². The van der Waals surface area contributed by atoms with Crippen LogP contribution in [0.4, 0.5) is 0 Å². The molecule has 0 aliphatic heterocycles. The van der Waals surface area contributed by atoms with E-state index in [0.29, 0.717) is 12.7 Å². The van der Waals surface area contributed by atoms with Crippen molar-refractivity contribution in [2.75, 3.05) is 0 Å².